The van der Waals surface area contributed by atoms with E-state index in [1.807, 2.05) is 30.3 Å². The quantitative estimate of drug-likeness (QED) is 0.601. The maximum Gasteiger partial charge on any atom is 0.449 e. The molecule has 4 rings (SSSR count). The van der Waals surface area contributed by atoms with Gasteiger partial charge in [-0.3, -0.25) is 9.69 Å². The highest BCUT2D eigenvalue weighted by Crippen LogP contribution is 2.33. The van der Waals surface area contributed by atoms with Crippen LogP contribution in [0.15, 0.2) is 54.6 Å². The number of hydrogen-bond donors (Lipinski definition) is 0. The van der Waals surface area contributed by atoms with Gasteiger partial charge in [-0.2, -0.15) is 13.2 Å². The SMILES string of the molecule is CN(C(=O)CN1CCC(Cn2c(C(F)(F)F)nc3ccccc32)CC1)c1ccccc1. The lowest BCUT2D eigenvalue weighted by molar-refractivity contribution is -0.147. The first-order valence-electron chi connectivity index (χ1n) is 10.4. The zero-order valence-electron chi connectivity index (χ0n) is 17.3. The molecule has 31 heavy (non-hydrogen) atoms. The predicted octanol–water partition coefficient (Wildman–Crippen LogP) is 4.43. The van der Waals surface area contributed by atoms with E-state index in [9.17, 15) is 18.0 Å². The van der Waals surface area contributed by atoms with Crippen molar-refractivity contribution < 1.29 is 18.0 Å². The molecule has 1 fully saturated rings. The minimum absolute atomic E-state index is 0.00427. The van der Waals surface area contributed by atoms with Crippen LogP contribution in [0.5, 0.6) is 0 Å². The summed E-state index contributed by atoms with van der Waals surface area (Å²) >= 11 is 0. The Morgan fingerprint density at radius 2 is 1.71 bits per heavy atom. The number of alkyl halides is 3. The number of likely N-dealkylation sites (N-methyl/N-ethyl adjacent to an activating group) is 1. The Kier molecular flexibility index (Phi) is 6.00. The van der Waals surface area contributed by atoms with Gasteiger partial charge in [0, 0.05) is 19.3 Å². The van der Waals surface area contributed by atoms with Crippen molar-refractivity contribution >= 4 is 22.6 Å². The third-order valence-corrected chi connectivity index (χ3v) is 5.93. The zero-order valence-corrected chi connectivity index (χ0v) is 17.3. The van der Waals surface area contributed by atoms with E-state index in [1.54, 1.807) is 36.2 Å². The standard InChI is InChI=1S/C23H25F3N4O/c1-28(18-7-3-2-4-8-18)21(31)16-29-13-11-17(12-14-29)15-30-20-10-6-5-9-19(20)27-22(30)23(24,25)26/h2-10,17H,11-16H2,1H3. The van der Waals surface area contributed by atoms with Crippen LogP contribution in [0.3, 0.4) is 0 Å². The van der Waals surface area contributed by atoms with Gasteiger partial charge in [0.1, 0.15) is 0 Å². The number of hydrogen-bond acceptors (Lipinski definition) is 3. The first-order chi connectivity index (χ1) is 14.8. The lowest BCUT2D eigenvalue weighted by atomic mass is 9.96. The first-order valence-corrected chi connectivity index (χ1v) is 10.4. The number of halogens is 3. The van der Waals surface area contributed by atoms with E-state index in [4.69, 9.17) is 0 Å². The fourth-order valence-electron chi connectivity index (χ4n) is 4.15. The summed E-state index contributed by atoms with van der Waals surface area (Å²) in [5, 5.41) is 0. The summed E-state index contributed by atoms with van der Waals surface area (Å²) in [5.74, 6) is -0.725. The molecule has 0 unspecified atom stereocenters. The number of fused-ring (bicyclic) bond motifs is 1. The summed E-state index contributed by atoms with van der Waals surface area (Å²) in [4.78, 5) is 20.1. The van der Waals surface area contributed by atoms with Crippen LogP contribution in [-0.2, 0) is 17.5 Å². The lowest BCUT2D eigenvalue weighted by Gasteiger charge is -2.33. The highest BCUT2D eigenvalue weighted by molar-refractivity contribution is 5.94. The molecule has 1 amide bonds. The molecule has 164 valence electrons. The van der Waals surface area contributed by atoms with Crippen LogP contribution in [0.4, 0.5) is 18.9 Å². The summed E-state index contributed by atoms with van der Waals surface area (Å²) in [6, 6.07) is 16.2. The molecular formula is C23H25F3N4O. The van der Waals surface area contributed by atoms with Gasteiger partial charge in [0.25, 0.3) is 0 Å². The number of para-hydroxylation sites is 3. The van der Waals surface area contributed by atoms with E-state index in [2.05, 4.69) is 9.88 Å². The van der Waals surface area contributed by atoms with Gasteiger partial charge in [0.15, 0.2) is 0 Å². The van der Waals surface area contributed by atoms with Gasteiger partial charge in [-0.1, -0.05) is 30.3 Å². The fraction of sp³-hybridized carbons (Fsp3) is 0.391. The van der Waals surface area contributed by atoms with Crippen LogP contribution in [0.25, 0.3) is 11.0 Å². The Morgan fingerprint density at radius 3 is 2.39 bits per heavy atom. The van der Waals surface area contributed by atoms with Crippen LogP contribution >= 0.6 is 0 Å². The number of piperidine rings is 1. The van der Waals surface area contributed by atoms with Crippen molar-refractivity contribution in [3.8, 4) is 0 Å². The molecule has 0 N–H and O–H groups in total. The third kappa shape index (κ3) is 4.74. The topological polar surface area (TPSA) is 41.4 Å². The molecule has 2 heterocycles. The number of rotatable bonds is 5. The van der Waals surface area contributed by atoms with E-state index in [0.29, 0.717) is 30.7 Å². The molecule has 0 spiro atoms. The summed E-state index contributed by atoms with van der Waals surface area (Å²) < 4.78 is 41.9. The van der Waals surface area contributed by atoms with E-state index in [-0.39, 0.29) is 18.4 Å². The van der Waals surface area contributed by atoms with E-state index in [1.165, 1.54) is 4.57 Å². The van der Waals surface area contributed by atoms with Gasteiger partial charge >= 0.3 is 6.18 Å². The maximum absolute atomic E-state index is 13.5. The fourth-order valence-corrected chi connectivity index (χ4v) is 4.15. The molecule has 0 saturated carbocycles. The number of benzene rings is 2. The Bertz CT molecular complexity index is 1040. The highest BCUT2D eigenvalue weighted by Gasteiger charge is 2.38. The summed E-state index contributed by atoms with van der Waals surface area (Å²) in [7, 11) is 1.76. The van der Waals surface area contributed by atoms with Gasteiger partial charge in [-0.25, -0.2) is 4.98 Å². The minimum Gasteiger partial charge on any atom is -0.320 e. The number of carbonyl (C=O) groups excluding carboxylic acids is 1. The monoisotopic (exact) mass is 430 g/mol. The third-order valence-electron chi connectivity index (χ3n) is 5.93. The normalized spacial score (nSPS) is 16.0. The van der Waals surface area contributed by atoms with Crippen LogP contribution < -0.4 is 4.90 Å². The molecule has 1 aliphatic heterocycles. The number of imidazole rings is 1. The molecule has 1 aromatic heterocycles. The molecule has 5 nitrogen and oxygen atoms in total. The average molecular weight is 430 g/mol. The number of carbonyl (C=O) groups is 1. The van der Waals surface area contributed by atoms with Gasteiger partial charge < -0.3 is 9.47 Å². The molecule has 0 radical (unpaired) electrons. The molecular weight excluding hydrogens is 405 g/mol. The number of amides is 1. The lowest BCUT2D eigenvalue weighted by Crippen LogP contribution is -2.42. The maximum atomic E-state index is 13.5. The second-order valence-corrected chi connectivity index (χ2v) is 8.04. The summed E-state index contributed by atoms with van der Waals surface area (Å²) in [6.45, 7) is 1.96. The Labute approximate surface area is 179 Å². The Balaban J connectivity index is 1.38. The molecule has 2 aromatic carbocycles. The minimum atomic E-state index is -4.49. The largest absolute Gasteiger partial charge is 0.449 e. The second-order valence-electron chi connectivity index (χ2n) is 8.04. The Hall–Kier alpha value is -2.87. The zero-order chi connectivity index (χ0) is 22.0. The van der Waals surface area contributed by atoms with Crippen molar-refractivity contribution in [2.45, 2.75) is 25.6 Å². The van der Waals surface area contributed by atoms with Crippen LogP contribution in [-0.4, -0.2) is 47.0 Å². The van der Waals surface area contributed by atoms with Crippen molar-refractivity contribution in [3.63, 3.8) is 0 Å². The molecule has 8 heteroatoms. The van der Waals surface area contributed by atoms with Gasteiger partial charge in [0.2, 0.25) is 11.7 Å². The van der Waals surface area contributed by atoms with Crippen molar-refractivity contribution in [1.29, 1.82) is 0 Å². The highest BCUT2D eigenvalue weighted by atomic mass is 19.4. The number of aromatic nitrogens is 2. The number of nitrogens with zero attached hydrogens (tertiary/aromatic N) is 4. The number of likely N-dealkylation sites (tertiary alicyclic amines) is 1. The van der Waals surface area contributed by atoms with Crippen LogP contribution in [0.1, 0.15) is 18.7 Å². The molecule has 0 bridgehead atoms. The molecule has 0 atom stereocenters. The first kappa shape index (κ1) is 21.4. The Morgan fingerprint density at radius 1 is 1.06 bits per heavy atom. The summed E-state index contributed by atoms with van der Waals surface area (Å²) in [6.07, 6.45) is -3.01. The van der Waals surface area contributed by atoms with Crippen molar-refractivity contribution in [2.24, 2.45) is 5.92 Å². The summed E-state index contributed by atoms with van der Waals surface area (Å²) in [5.41, 5.74) is 1.72. The van der Waals surface area contributed by atoms with Crippen molar-refractivity contribution in [2.75, 3.05) is 31.6 Å². The van der Waals surface area contributed by atoms with Crippen molar-refractivity contribution in [1.82, 2.24) is 14.5 Å². The van der Waals surface area contributed by atoms with Gasteiger partial charge in [-0.05, 0) is 56.1 Å². The van der Waals surface area contributed by atoms with Crippen LogP contribution in [0.2, 0.25) is 0 Å². The van der Waals surface area contributed by atoms with Crippen LogP contribution in [0, 0.1) is 5.92 Å². The van der Waals surface area contributed by atoms with E-state index in [0.717, 1.165) is 18.5 Å². The van der Waals surface area contributed by atoms with Gasteiger partial charge in [0.05, 0.1) is 17.6 Å². The molecule has 0 aliphatic carbocycles. The number of anilines is 1. The van der Waals surface area contributed by atoms with Gasteiger partial charge in [-0.15, -0.1) is 0 Å². The predicted molar refractivity (Wildman–Crippen MR) is 114 cm³/mol. The molecule has 1 aliphatic rings. The average Bonchev–Trinajstić information content (AvgIpc) is 3.14. The molecule has 1 saturated heterocycles. The second kappa shape index (κ2) is 8.70. The molecule has 3 aromatic rings. The van der Waals surface area contributed by atoms with E-state index < -0.39 is 12.0 Å². The van der Waals surface area contributed by atoms with E-state index >= 15 is 0 Å². The smallest absolute Gasteiger partial charge is 0.320 e. The van der Waals surface area contributed by atoms with Crippen molar-refractivity contribution in [3.05, 3.63) is 60.4 Å².